The quantitative estimate of drug-likeness (QED) is 0.711. The van der Waals surface area contributed by atoms with E-state index in [4.69, 9.17) is 5.26 Å². The molecule has 1 atom stereocenters. The number of likely N-dealkylation sites (N-methyl/N-ethyl adjacent to an activating group) is 1. The fourth-order valence-corrected chi connectivity index (χ4v) is 5.20. The summed E-state index contributed by atoms with van der Waals surface area (Å²) in [5.41, 5.74) is -0.578. The summed E-state index contributed by atoms with van der Waals surface area (Å²) < 4.78 is 67.7. The van der Waals surface area contributed by atoms with Crippen LogP contribution in [-0.2, 0) is 27.4 Å². The van der Waals surface area contributed by atoms with Crippen molar-refractivity contribution in [2.45, 2.75) is 30.5 Å². The smallest absolute Gasteiger partial charge is 0.357 e. The summed E-state index contributed by atoms with van der Waals surface area (Å²) in [6, 6.07) is 10.1. The van der Waals surface area contributed by atoms with Gasteiger partial charge in [0, 0.05) is 32.4 Å². The van der Waals surface area contributed by atoms with Crippen LogP contribution in [0.1, 0.15) is 23.6 Å². The van der Waals surface area contributed by atoms with Crippen molar-refractivity contribution < 1.29 is 26.4 Å². The highest BCUT2D eigenvalue weighted by Crippen LogP contribution is 2.35. The number of nitrogens with one attached hydrogen (secondary N) is 1. The van der Waals surface area contributed by atoms with E-state index in [2.05, 4.69) is 5.32 Å². The highest BCUT2D eigenvalue weighted by molar-refractivity contribution is 7.89. The van der Waals surface area contributed by atoms with Crippen molar-refractivity contribution in [1.82, 2.24) is 9.62 Å². The molecule has 1 unspecified atom stereocenters. The Bertz CT molecular complexity index is 1170. The van der Waals surface area contributed by atoms with Crippen molar-refractivity contribution in [2.75, 3.05) is 31.6 Å². The van der Waals surface area contributed by atoms with E-state index in [1.165, 1.54) is 40.5 Å². The van der Waals surface area contributed by atoms with Gasteiger partial charge < -0.3 is 10.2 Å². The SMILES string of the molecule is CCc1ccc(S(=O)(=O)N2CCN(c3ccc(C#N)c(C(F)(F)F)c3)C(C(=O)NC)C2)cc1. The van der Waals surface area contributed by atoms with Gasteiger partial charge in [0.1, 0.15) is 6.04 Å². The van der Waals surface area contributed by atoms with E-state index in [-0.39, 0.29) is 30.2 Å². The zero-order valence-corrected chi connectivity index (χ0v) is 18.9. The average Bonchev–Trinajstić information content (AvgIpc) is 2.82. The molecular weight excluding hydrogens is 457 g/mol. The molecule has 1 aliphatic heterocycles. The zero-order valence-electron chi connectivity index (χ0n) is 18.1. The van der Waals surface area contributed by atoms with Crippen LogP contribution in [0.25, 0.3) is 0 Å². The topological polar surface area (TPSA) is 93.5 Å². The summed E-state index contributed by atoms with van der Waals surface area (Å²) in [6.07, 6.45) is -4.00. The van der Waals surface area contributed by atoms with Crippen LogP contribution in [-0.4, -0.2) is 51.4 Å². The number of carbonyl (C=O) groups is 1. The maximum absolute atomic E-state index is 13.4. The Labute approximate surface area is 190 Å². The van der Waals surface area contributed by atoms with Gasteiger partial charge in [-0.05, 0) is 42.3 Å². The molecule has 3 rings (SSSR count). The molecule has 2 aromatic carbocycles. The second kappa shape index (κ2) is 9.41. The van der Waals surface area contributed by atoms with Gasteiger partial charge in [0.25, 0.3) is 0 Å². The maximum atomic E-state index is 13.4. The first-order valence-corrected chi connectivity index (χ1v) is 11.7. The normalized spacial score (nSPS) is 17.5. The lowest BCUT2D eigenvalue weighted by Crippen LogP contribution is -2.60. The van der Waals surface area contributed by atoms with Crippen LogP contribution in [0, 0.1) is 11.3 Å². The largest absolute Gasteiger partial charge is 0.417 e. The number of piperazine rings is 1. The predicted molar refractivity (Wildman–Crippen MR) is 116 cm³/mol. The van der Waals surface area contributed by atoms with Crippen molar-refractivity contribution in [3.05, 3.63) is 59.2 Å². The molecular formula is C22H23F3N4O3S. The molecule has 0 spiro atoms. The number of sulfonamides is 1. The predicted octanol–water partition coefficient (Wildman–Crippen LogP) is 2.76. The minimum atomic E-state index is -4.75. The molecule has 1 aliphatic rings. The average molecular weight is 481 g/mol. The monoisotopic (exact) mass is 480 g/mol. The van der Waals surface area contributed by atoms with E-state index in [0.717, 1.165) is 24.1 Å². The number of rotatable bonds is 5. The van der Waals surface area contributed by atoms with Crippen molar-refractivity contribution in [3.63, 3.8) is 0 Å². The lowest BCUT2D eigenvalue weighted by atomic mass is 10.0. The Hall–Kier alpha value is -3.10. The van der Waals surface area contributed by atoms with Gasteiger partial charge in [0.2, 0.25) is 15.9 Å². The summed E-state index contributed by atoms with van der Waals surface area (Å²) in [5, 5.41) is 11.5. The Kier molecular flexibility index (Phi) is 7.00. The molecule has 1 fully saturated rings. The summed E-state index contributed by atoms with van der Waals surface area (Å²) >= 11 is 0. The molecule has 0 aromatic heterocycles. The molecule has 0 aliphatic carbocycles. The van der Waals surface area contributed by atoms with E-state index >= 15 is 0 Å². The molecule has 0 radical (unpaired) electrons. The minimum Gasteiger partial charge on any atom is -0.357 e. The zero-order chi connectivity index (χ0) is 24.4. The molecule has 1 saturated heterocycles. The second-order valence-electron chi connectivity index (χ2n) is 7.52. The number of amides is 1. The van der Waals surface area contributed by atoms with Gasteiger partial charge >= 0.3 is 6.18 Å². The van der Waals surface area contributed by atoms with Gasteiger partial charge in [-0.3, -0.25) is 4.79 Å². The third kappa shape index (κ3) is 4.96. The molecule has 176 valence electrons. The van der Waals surface area contributed by atoms with Gasteiger partial charge in [-0.15, -0.1) is 0 Å². The standard InChI is InChI=1S/C22H23F3N4O3S/c1-3-15-4-8-18(9-5-15)33(31,32)28-10-11-29(20(14-28)21(30)27-2)17-7-6-16(13-26)19(12-17)22(23,24)25/h4-9,12,20H,3,10-11,14H2,1-2H3,(H,27,30). The Morgan fingerprint density at radius 2 is 1.85 bits per heavy atom. The van der Waals surface area contributed by atoms with Crippen LogP contribution in [0.2, 0.25) is 0 Å². The minimum absolute atomic E-state index is 0.00639. The van der Waals surface area contributed by atoms with Crippen LogP contribution >= 0.6 is 0 Å². The molecule has 33 heavy (non-hydrogen) atoms. The van der Waals surface area contributed by atoms with Gasteiger partial charge in [0.15, 0.2) is 0 Å². The fraction of sp³-hybridized carbons (Fsp3) is 0.364. The first kappa shape index (κ1) is 24.5. The van der Waals surface area contributed by atoms with Crippen LogP contribution in [0.15, 0.2) is 47.4 Å². The molecule has 0 bridgehead atoms. The number of carbonyl (C=O) groups excluding carboxylic acids is 1. The van der Waals surface area contributed by atoms with Gasteiger partial charge in [-0.1, -0.05) is 19.1 Å². The summed E-state index contributed by atoms with van der Waals surface area (Å²) in [6.45, 7) is 1.68. The fourth-order valence-electron chi connectivity index (χ4n) is 3.77. The van der Waals surface area contributed by atoms with Crippen LogP contribution in [0.5, 0.6) is 0 Å². The molecule has 1 N–H and O–H groups in total. The molecule has 0 saturated carbocycles. The molecule has 1 amide bonds. The number of hydrogen-bond acceptors (Lipinski definition) is 5. The van der Waals surface area contributed by atoms with E-state index in [9.17, 15) is 26.4 Å². The first-order valence-electron chi connectivity index (χ1n) is 10.2. The lowest BCUT2D eigenvalue weighted by molar-refractivity contribution is -0.137. The van der Waals surface area contributed by atoms with Crippen LogP contribution in [0.4, 0.5) is 18.9 Å². The maximum Gasteiger partial charge on any atom is 0.417 e. The van der Waals surface area contributed by atoms with E-state index in [1.807, 2.05) is 6.92 Å². The molecule has 1 heterocycles. The summed E-state index contributed by atoms with van der Waals surface area (Å²) in [7, 11) is -2.53. The number of anilines is 1. The summed E-state index contributed by atoms with van der Waals surface area (Å²) in [4.78, 5) is 14.1. The number of benzene rings is 2. The van der Waals surface area contributed by atoms with Gasteiger partial charge in [-0.2, -0.15) is 22.7 Å². The van der Waals surface area contributed by atoms with Crippen molar-refractivity contribution in [1.29, 1.82) is 5.26 Å². The number of aryl methyl sites for hydroxylation is 1. The lowest BCUT2D eigenvalue weighted by Gasteiger charge is -2.41. The van der Waals surface area contributed by atoms with E-state index in [1.54, 1.807) is 12.1 Å². The van der Waals surface area contributed by atoms with E-state index in [0.29, 0.717) is 0 Å². The first-order chi connectivity index (χ1) is 15.5. The number of halogens is 3. The Morgan fingerprint density at radius 3 is 2.39 bits per heavy atom. The number of hydrogen-bond donors (Lipinski definition) is 1. The Balaban J connectivity index is 1.95. The Morgan fingerprint density at radius 1 is 1.18 bits per heavy atom. The van der Waals surface area contributed by atoms with Gasteiger partial charge in [-0.25, -0.2) is 8.42 Å². The second-order valence-corrected chi connectivity index (χ2v) is 9.46. The summed E-state index contributed by atoms with van der Waals surface area (Å²) in [5.74, 6) is -0.533. The highest BCUT2D eigenvalue weighted by Gasteiger charge is 2.39. The van der Waals surface area contributed by atoms with Crippen LogP contribution in [0.3, 0.4) is 0 Å². The van der Waals surface area contributed by atoms with Gasteiger partial charge in [0.05, 0.1) is 22.1 Å². The van der Waals surface area contributed by atoms with Crippen molar-refractivity contribution in [3.8, 4) is 6.07 Å². The molecule has 2 aromatic rings. The van der Waals surface area contributed by atoms with Crippen molar-refractivity contribution >= 4 is 21.6 Å². The van der Waals surface area contributed by atoms with Crippen molar-refractivity contribution in [2.24, 2.45) is 0 Å². The van der Waals surface area contributed by atoms with E-state index < -0.39 is 39.3 Å². The highest BCUT2D eigenvalue weighted by atomic mass is 32.2. The molecule has 7 nitrogen and oxygen atoms in total. The molecule has 11 heteroatoms. The third-order valence-electron chi connectivity index (χ3n) is 5.62. The third-order valence-corrected chi connectivity index (χ3v) is 7.50. The number of nitriles is 1. The number of nitrogens with zero attached hydrogens (tertiary/aromatic N) is 3. The number of alkyl halides is 3. The van der Waals surface area contributed by atoms with Crippen LogP contribution < -0.4 is 10.2 Å².